The van der Waals surface area contributed by atoms with Crippen LogP contribution < -0.4 is 10.6 Å². The summed E-state index contributed by atoms with van der Waals surface area (Å²) in [6, 6.07) is 13.9. The number of hydrogen-bond acceptors (Lipinski definition) is 3. The van der Waals surface area contributed by atoms with Crippen LogP contribution in [0.5, 0.6) is 0 Å². The van der Waals surface area contributed by atoms with E-state index in [1.165, 1.54) is 0 Å². The van der Waals surface area contributed by atoms with E-state index in [0.29, 0.717) is 19.4 Å². The second-order valence-electron chi connectivity index (χ2n) is 5.23. The highest BCUT2D eigenvalue weighted by Gasteiger charge is 2.07. The molecule has 0 unspecified atom stereocenters. The van der Waals surface area contributed by atoms with Gasteiger partial charge in [-0.15, -0.1) is 0 Å². The average Bonchev–Trinajstić information content (AvgIpc) is 3.02. The van der Waals surface area contributed by atoms with Gasteiger partial charge in [0.1, 0.15) is 11.5 Å². The fourth-order valence-electron chi connectivity index (χ4n) is 2.19. The summed E-state index contributed by atoms with van der Waals surface area (Å²) in [5, 5.41) is 6.16. The van der Waals surface area contributed by atoms with Crippen LogP contribution in [0.15, 0.2) is 46.9 Å². The predicted molar refractivity (Wildman–Crippen MR) is 88.6 cm³/mol. The topological polar surface area (TPSA) is 54.3 Å². The quantitative estimate of drug-likeness (QED) is 0.700. The van der Waals surface area contributed by atoms with Crippen LogP contribution in [-0.4, -0.2) is 25.5 Å². The van der Waals surface area contributed by atoms with Gasteiger partial charge in [-0.1, -0.05) is 37.3 Å². The lowest BCUT2D eigenvalue weighted by atomic mass is 10.2. The number of aryl methyl sites for hydroxylation is 1. The van der Waals surface area contributed by atoms with Crippen LogP contribution in [0, 0.1) is 0 Å². The Morgan fingerprint density at radius 3 is 2.64 bits per heavy atom. The fraction of sp³-hybridized carbons (Fsp3) is 0.389. The summed E-state index contributed by atoms with van der Waals surface area (Å²) in [5.41, 5.74) is 1.06. The minimum absolute atomic E-state index is 0.0657. The molecule has 1 amide bonds. The molecule has 0 aliphatic rings. The Kier molecular flexibility index (Phi) is 6.71. The molecule has 0 fully saturated rings. The Hall–Kier alpha value is -2.07. The van der Waals surface area contributed by atoms with Gasteiger partial charge in [-0.3, -0.25) is 4.79 Å². The summed E-state index contributed by atoms with van der Waals surface area (Å²) in [6.07, 6.45) is 2.19. The first-order valence-corrected chi connectivity index (χ1v) is 7.91. The third-order valence-electron chi connectivity index (χ3n) is 3.37. The third kappa shape index (κ3) is 5.37. The fourth-order valence-corrected chi connectivity index (χ4v) is 2.19. The second kappa shape index (κ2) is 9.05. The molecule has 0 saturated heterocycles. The molecular formula is C18H24N2O2. The third-order valence-corrected chi connectivity index (χ3v) is 3.37. The van der Waals surface area contributed by atoms with Gasteiger partial charge >= 0.3 is 0 Å². The largest absolute Gasteiger partial charge is 0.461 e. The van der Waals surface area contributed by atoms with Crippen LogP contribution in [0.4, 0.5) is 0 Å². The lowest BCUT2D eigenvalue weighted by molar-refractivity contribution is -0.121. The van der Waals surface area contributed by atoms with Crippen molar-refractivity contribution in [2.24, 2.45) is 0 Å². The monoisotopic (exact) mass is 300 g/mol. The minimum atomic E-state index is 0.0657. The van der Waals surface area contributed by atoms with Crippen molar-refractivity contribution in [3.63, 3.8) is 0 Å². The molecule has 4 nitrogen and oxygen atoms in total. The molecule has 0 spiro atoms. The van der Waals surface area contributed by atoms with Crippen LogP contribution in [0.2, 0.25) is 0 Å². The summed E-state index contributed by atoms with van der Waals surface area (Å²) < 4.78 is 5.79. The Balaban J connectivity index is 1.71. The van der Waals surface area contributed by atoms with Gasteiger partial charge in [-0.2, -0.15) is 0 Å². The van der Waals surface area contributed by atoms with E-state index in [4.69, 9.17) is 4.42 Å². The molecule has 0 radical (unpaired) electrons. The number of nitrogens with one attached hydrogen (secondary N) is 2. The molecule has 1 aromatic carbocycles. The van der Waals surface area contributed by atoms with Gasteiger partial charge < -0.3 is 15.1 Å². The lowest BCUT2D eigenvalue weighted by Crippen LogP contribution is -2.32. The maximum absolute atomic E-state index is 11.7. The SMILES string of the molecule is CCCNCCNC(=O)CCc1ccc(-c2ccccc2)o1. The van der Waals surface area contributed by atoms with E-state index in [1.54, 1.807) is 0 Å². The molecule has 0 aliphatic heterocycles. The Bertz CT molecular complexity index is 563. The highest BCUT2D eigenvalue weighted by Crippen LogP contribution is 2.22. The van der Waals surface area contributed by atoms with E-state index in [2.05, 4.69) is 17.6 Å². The summed E-state index contributed by atoms with van der Waals surface area (Å²) in [6.45, 7) is 4.61. The van der Waals surface area contributed by atoms with Crippen LogP contribution in [0.25, 0.3) is 11.3 Å². The molecule has 1 aromatic heterocycles. The van der Waals surface area contributed by atoms with Crippen molar-refractivity contribution in [2.45, 2.75) is 26.2 Å². The molecule has 0 atom stereocenters. The smallest absolute Gasteiger partial charge is 0.220 e. The molecule has 2 rings (SSSR count). The van der Waals surface area contributed by atoms with Crippen molar-refractivity contribution in [1.29, 1.82) is 0 Å². The standard InChI is InChI=1S/C18H24N2O2/c1-2-12-19-13-14-20-18(21)11-9-16-8-10-17(22-16)15-6-4-3-5-7-15/h3-8,10,19H,2,9,11-14H2,1H3,(H,20,21). The van der Waals surface area contributed by atoms with Gasteiger partial charge in [0.05, 0.1) is 0 Å². The number of rotatable bonds is 9. The van der Waals surface area contributed by atoms with Crippen molar-refractivity contribution in [1.82, 2.24) is 10.6 Å². The van der Waals surface area contributed by atoms with Gasteiger partial charge in [0.15, 0.2) is 0 Å². The molecule has 2 aromatic rings. The number of hydrogen-bond donors (Lipinski definition) is 2. The normalized spacial score (nSPS) is 10.6. The lowest BCUT2D eigenvalue weighted by Gasteiger charge is -2.05. The summed E-state index contributed by atoms with van der Waals surface area (Å²) >= 11 is 0. The van der Waals surface area contributed by atoms with Gasteiger partial charge in [0.2, 0.25) is 5.91 Å². The van der Waals surface area contributed by atoms with Crippen molar-refractivity contribution in [3.8, 4) is 11.3 Å². The molecule has 0 bridgehead atoms. The van der Waals surface area contributed by atoms with Gasteiger partial charge in [-0.05, 0) is 25.1 Å². The van der Waals surface area contributed by atoms with Crippen molar-refractivity contribution in [3.05, 3.63) is 48.2 Å². The number of amides is 1. The molecular weight excluding hydrogens is 276 g/mol. The Labute approximate surface area is 131 Å². The van der Waals surface area contributed by atoms with Crippen LogP contribution in [-0.2, 0) is 11.2 Å². The Morgan fingerprint density at radius 2 is 1.86 bits per heavy atom. The zero-order valence-corrected chi connectivity index (χ0v) is 13.1. The maximum atomic E-state index is 11.7. The molecule has 22 heavy (non-hydrogen) atoms. The number of benzene rings is 1. The average molecular weight is 300 g/mol. The van der Waals surface area contributed by atoms with E-state index in [9.17, 15) is 4.79 Å². The summed E-state index contributed by atoms with van der Waals surface area (Å²) in [5.74, 6) is 1.76. The number of carbonyl (C=O) groups is 1. The first-order chi connectivity index (χ1) is 10.8. The highest BCUT2D eigenvalue weighted by atomic mass is 16.3. The molecule has 0 saturated carbocycles. The Morgan fingerprint density at radius 1 is 1.05 bits per heavy atom. The minimum Gasteiger partial charge on any atom is -0.461 e. The van der Waals surface area contributed by atoms with E-state index in [1.807, 2.05) is 42.5 Å². The molecule has 4 heteroatoms. The molecule has 2 N–H and O–H groups in total. The molecule has 0 aliphatic carbocycles. The second-order valence-corrected chi connectivity index (χ2v) is 5.23. The molecule has 1 heterocycles. The van der Waals surface area contributed by atoms with E-state index in [-0.39, 0.29) is 5.91 Å². The zero-order valence-electron chi connectivity index (χ0n) is 13.1. The van der Waals surface area contributed by atoms with E-state index >= 15 is 0 Å². The van der Waals surface area contributed by atoms with Crippen molar-refractivity contribution >= 4 is 5.91 Å². The number of carbonyl (C=O) groups excluding carboxylic acids is 1. The predicted octanol–water partition coefficient (Wildman–Crippen LogP) is 3.00. The van der Waals surface area contributed by atoms with Crippen LogP contribution in [0.3, 0.4) is 0 Å². The van der Waals surface area contributed by atoms with Crippen LogP contribution >= 0.6 is 0 Å². The number of furan rings is 1. The molecule has 118 valence electrons. The highest BCUT2D eigenvalue weighted by molar-refractivity contribution is 5.76. The zero-order chi connectivity index (χ0) is 15.6. The first-order valence-electron chi connectivity index (χ1n) is 7.91. The summed E-state index contributed by atoms with van der Waals surface area (Å²) in [4.78, 5) is 11.7. The van der Waals surface area contributed by atoms with Gasteiger partial charge in [0, 0.05) is 31.5 Å². The van der Waals surface area contributed by atoms with Crippen molar-refractivity contribution in [2.75, 3.05) is 19.6 Å². The summed E-state index contributed by atoms with van der Waals surface area (Å²) in [7, 11) is 0. The van der Waals surface area contributed by atoms with E-state index < -0.39 is 0 Å². The van der Waals surface area contributed by atoms with Gasteiger partial charge in [0.25, 0.3) is 0 Å². The maximum Gasteiger partial charge on any atom is 0.220 e. The van der Waals surface area contributed by atoms with Gasteiger partial charge in [-0.25, -0.2) is 0 Å². The van der Waals surface area contributed by atoms with Crippen LogP contribution in [0.1, 0.15) is 25.5 Å². The first kappa shape index (κ1) is 16.3. The van der Waals surface area contributed by atoms with E-state index in [0.717, 1.165) is 36.6 Å². The van der Waals surface area contributed by atoms with Crippen molar-refractivity contribution < 1.29 is 9.21 Å².